The van der Waals surface area contributed by atoms with E-state index in [2.05, 4.69) is 48.1 Å². The molecule has 1 unspecified atom stereocenters. The molecule has 1 aromatic heterocycles. The molecule has 0 bridgehead atoms. The molecule has 0 amide bonds. The highest BCUT2D eigenvalue weighted by molar-refractivity contribution is 5.25. The first-order chi connectivity index (χ1) is 10.3. The van der Waals surface area contributed by atoms with Crippen LogP contribution in [0.4, 0.5) is 0 Å². The normalized spacial score (nSPS) is 17.2. The summed E-state index contributed by atoms with van der Waals surface area (Å²) >= 11 is 0. The number of rotatable bonds is 5. The molecule has 3 rings (SSSR count). The van der Waals surface area contributed by atoms with Gasteiger partial charge in [-0.3, -0.25) is 4.68 Å². The van der Waals surface area contributed by atoms with Crippen molar-refractivity contribution in [2.24, 2.45) is 0 Å². The van der Waals surface area contributed by atoms with Gasteiger partial charge in [-0.05, 0) is 31.4 Å². The van der Waals surface area contributed by atoms with E-state index in [9.17, 15) is 5.11 Å². The zero-order valence-corrected chi connectivity index (χ0v) is 12.7. The van der Waals surface area contributed by atoms with E-state index in [1.54, 1.807) is 0 Å². The molecular weight excluding hydrogens is 260 g/mol. The average Bonchev–Trinajstić information content (AvgIpc) is 3.17. The van der Waals surface area contributed by atoms with Gasteiger partial charge in [0.2, 0.25) is 0 Å². The summed E-state index contributed by atoms with van der Waals surface area (Å²) in [7, 11) is 0. The van der Waals surface area contributed by atoms with Crippen LogP contribution in [0.15, 0.2) is 36.5 Å². The van der Waals surface area contributed by atoms with E-state index in [1.807, 2.05) is 0 Å². The number of nitrogens with zero attached hydrogens (tertiary/aromatic N) is 2. The van der Waals surface area contributed by atoms with Crippen molar-refractivity contribution in [3.05, 3.63) is 53.3 Å². The molecule has 0 saturated heterocycles. The first-order valence-electron chi connectivity index (χ1n) is 7.97. The van der Waals surface area contributed by atoms with Crippen molar-refractivity contribution in [3.63, 3.8) is 0 Å². The maximum absolute atomic E-state index is 9.69. The van der Waals surface area contributed by atoms with Crippen LogP contribution in [0.5, 0.6) is 0 Å². The van der Waals surface area contributed by atoms with Gasteiger partial charge in [-0.15, -0.1) is 0 Å². The van der Waals surface area contributed by atoms with Gasteiger partial charge in [0, 0.05) is 18.5 Å². The summed E-state index contributed by atoms with van der Waals surface area (Å²) in [6, 6.07) is 11.1. The topological polar surface area (TPSA) is 38.0 Å². The number of hydrogen-bond acceptors (Lipinski definition) is 2. The van der Waals surface area contributed by atoms with Crippen molar-refractivity contribution >= 4 is 0 Å². The van der Waals surface area contributed by atoms with Crippen LogP contribution in [0.3, 0.4) is 0 Å². The van der Waals surface area contributed by atoms with Crippen LogP contribution >= 0.6 is 0 Å². The molecule has 2 aromatic rings. The predicted octanol–water partition coefficient (Wildman–Crippen LogP) is 3.63. The molecule has 1 N–H and O–H groups in total. The van der Waals surface area contributed by atoms with Gasteiger partial charge in [-0.25, -0.2) is 0 Å². The third kappa shape index (κ3) is 3.35. The van der Waals surface area contributed by atoms with Crippen molar-refractivity contribution in [1.82, 2.24) is 9.78 Å². The molecule has 3 nitrogen and oxygen atoms in total. The maximum atomic E-state index is 9.69. The summed E-state index contributed by atoms with van der Waals surface area (Å²) < 4.78 is 2.13. The van der Waals surface area contributed by atoms with Crippen LogP contribution in [0.25, 0.3) is 0 Å². The lowest BCUT2D eigenvalue weighted by atomic mass is 9.94. The Morgan fingerprint density at radius 1 is 1.19 bits per heavy atom. The highest BCUT2D eigenvalue weighted by atomic mass is 16.3. The van der Waals surface area contributed by atoms with Gasteiger partial charge >= 0.3 is 0 Å². The van der Waals surface area contributed by atoms with Gasteiger partial charge in [0.05, 0.1) is 18.3 Å². The molecule has 1 saturated carbocycles. The monoisotopic (exact) mass is 284 g/mol. The summed E-state index contributed by atoms with van der Waals surface area (Å²) in [6.45, 7) is 2.25. The van der Waals surface area contributed by atoms with Crippen LogP contribution in [-0.2, 0) is 6.42 Å². The number of hydrogen-bond donors (Lipinski definition) is 1. The van der Waals surface area contributed by atoms with E-state index in [4.69, 9.17) is 5.10 Å². The number of benzene rings is 1. The lowest BCUT2D eigenvalue weighted by Gasteiger charge is -2.14. The highest BCUT2D eigenvalue weighted by Crippen LogP contribution is 2.29. The minimum atomic E-state index is 0.137. The Morgan fingerprint density at radius 3 is 2.57 bits per heavy atom. The Balaban J connectivity index is 1.70. The molecular formula is C18H24N2O. The molecule has 3 heteroatoms. The lowest BCUT2D eigenvalue weighted by molar-refractivity contribution is 0.263. The van der Waals surface area contributed by atoms with Crippen molar-refractivity contribution < 1.29 is 5.11 Å². The Bertz CT molecular complexity index is 567. The predicted molar refractivity (Wildman–Crippen MR) is 84.4 cm³/mol. The third-order valence-corrected chi connectivity index (χ3v) is 4.59. The molecule has 1 fully saturated rings. The number of aryl methyl sites for hydroxylation is 1. The van der Waals surface area contributed by atoms with Crippen molar-refractivity contribution in [1.29, 1.82) is 0 Å². The molecule has 1 aliphatic carbocycles. The van der Waals surface area contributed by atoms with Crippen LogP contribution < -0.4 is 0 Å². The summed E-state index contributed by atoms with van der Waals surface area (Å²) in [6.07, 6.45) is 8.06. The lowest BCUT2D eigenvalue weighted by Crippen LogP contribution is -2.10. The molecule has 0 aliphatic heterocycles. The van der Waals surface area contributed by atoms with E-state index in [0.717, 1.165) is 12.1 Å². The molecule has 1 aromatic carbocycles. The number of aliphatic hydroxyl groups is 1. The summed E-state index contributed by atoms with van der Waals surface area (Å²) in [4.78, 5) is 0. The number of aliphatic hydroxyl groups excluding tert-OH is 1. The molecule has 0 spiro atoms. The quantitative estimate of drug-likeness (QED) is 0.910. The smallest absolute Gasteiger partial charge is 0.0631 e. The fourth-order valence-electron chi connectivity index (χ4n) is 3.24. The van der Waals surface area contributed by atoms with E-state index in [1.165, 1.54) is 36.8 Å². The van der Waals surface area contributed by atoms with Crippen molar-refractivity contribution in [2.75, 3.05) is 6.61 Å². The van der Waals surface area contributed by atoms with E-state index in [-0.39, 0.29) is 12.5 Å². The fourth-order valence-corrected chi connectivity index (χ4v) is 3.24. The van der Waals surface area contributed by atoms with Crippen molar-refractivity contribution in [3.8, 4) is 0 Å². The second-order valence-electron chi connectivity index (χ2n) is 6.22. The Morgan fingerprint density at radius 2 is 1.90 bits per heavy atom. The first-order valence-corrected chi connectivity index (χ1v) is 7.97. The Hall–Kier alpha value is -1.61. The van der Waals surface area contributed by atoms with Crippen LogP contribution in [0.2, 0.25) is 0 Å². The summed E-state index contributed by atoms with van der Waals surface area (Å²) in [5.74, 6) is 0.137. The van der Waals surface area contributed by atoms with Gasteiger partial charge in [0.1, 0.15) is 0 Å². The molecule has 1 heterocycles. The van der Waals surface area contributed by atoms with Gasteiger partial charge in [0.25, 0.3) is 0 Å². The zero-order chi connectivity index (χ0) is 14.7. The highest BCUT2D eigenvalue weighted by Gasteiger charge is 2.19. The fraction of sp³-hybridized carbons (Fsp3) is 0.500. The third-order valence-electron chi connectivity index (χ3n) is 4.59. The van der Waals surface area contributed by atoms with Crippen molar-refractivity contribution in [2.45, 2.75) is 51.0 Å². The zero-order valence-electron chi connectivity index (χ0n) is 12.7. The Kier molecular flexibility index (Phi) is 4.39. The van der Waals surface area contributed by atoms with Crippen LogP contribution in [0, 0.1) is 6.92 Å². The SMILES string of the molecule is Cc1ccc(C(CO)Cc2ccn(C3CCCC3)n2)cc1. The minimum Gasteiger partial charge on any atom is -0.396 e. The average molecular weight is 284 g/mol. The second-order valence-corrected chi connectivity index (χ2v) is 6.22. The van der Waals surface area contributed by atoms with E-state index >= 15 is 0 Å². The molecule has 112 valence electrons. The summed E-state index contributed by atoms with van der Waals surface area (Å²) in [5, 5.41) is 14.4. The van der Waals surface area contributed by atoms with Gasteiger partial charge in [-0.1, -0.05) is 42.7 Å². The van der Waals surface area contributed by atoms with E-state index < -0.39 is 0 Å². The molecule has 1 atom stereocenters. The summed E-state index contributed by atoms with van der Waals surface area (Å²) in [5.41, 5.74) is 3.53. The minimum absolute atomic E-state index is 0.137. The van der Waals surface area contributed by atoms with Crippen LogP contribution in [-0.4, -0.2) is 21.5 Å². The van der Waals surface area contributed by atoms with Gasteiger partial charge in [-0.2, -0.15) is 5.10 Å². The molecule has 1 aliphatic rings. The molecule has 0 radical (unpaired) electrons. The maximum Gasteiger partial charge on any atom is 0.0631 e. The van der Waals surface area contributed by atoms with Gasteiger partial charge < -0.3 is 5.11 Å². The number of aromatic nitrogens is 2. The molecule has 21 heavy (non-hydrogen) atoms. The Labute approximate surface area is 126 Å². The first kappa shape index (κ1) is 14.3. The van der Waals surface area contributed by atoms with Crippen LogP contribution in [0.1, 0.15) is 54.5 Å². The standard InChI is InChI=1S/C18H24N2O/c1-14-6-8-15(9-7-14)16(13-21)12-17-10-11-20(19-17)18-4-2-3-5-18/h6-11,16,18,21H,2-5,12-13H2,1H3. The largest absolute Gasteiger partial charge is 0.396 e. The van der Waals surface area contributed by atoms with Gasteiger partial charge in [0.15, 0.2) is 0 Å². The second kappa shape index (κ2) is 6.44. The van der Waals surface area contributed by atoms with E-state index in [0.29, 0.717) is 6.04 Å².